The Labute approximate surface area is 156 Å². The second-order valence-electron chi connectivity index (χ2n) is 8.20. The topological polar surface area (TPSA) is 51.2 Å². The first-order valence-electron chi connectivity index (χ1n) is 9.33. The van der Waals surface area contributed by atoms with Crippen LogP contribution < -0.4 is 10.1 Å². The van der Waals surface area contributed by atoms with Crippen LogP contribution in [0.4, 0.5) is 0 Å². The van der Waals surface area contributed by atoms with Crippen LogP contribution in [-0.2, 0) is 5.41 Å². The van der Waals surface area contributed by atoms with E-state index in [4.69, 9.17) is 4.74 Å². The molecule has 0 aliphatic heterocycles. The van der Waals surface area contributed by atoms with E-state index in [1.807, 2.05) is 43.3 Å². The maximum Gasteiger partial charge on any atom is 0.251 e. The highest BCUT2D eigenvalue weighted by atomic mass is 16.5. The Balaban J connectivity index is 1.57. The molecule has 1 atom stereocenters. The highest BCUT2D eigenvalue weighted by Gasteiger charge is 2.22. The first kappa shape index (κ1) is 18.4. The molecule has 1 N–H and O–H groups in total. The summed E-state index contributed by atoms with van der Waals surface area (Å²) in [6, 6.07) is 11.5. The van der Waals surface area contributed by atoms with Crippen LogP contribution in [0.2, 0.25) is 0 Å². The Morgan fingerprint density at radius 3 is 2.42 bits per heavy atom. The van der Waals surface area contributed by atoms with E-state index in [0.29, 0.717) is 5.56 Å². The molecule has 1 fully saturated rings. The minimum Gasteiger partial charge on any atom is -0.492 e. The van der Waals surface area contributed by atoms with Gasteiger partial charge in [0.1, 0.15) is 5.75 Å². The van der Waals surface area contributed by atoms with Crippen molar-refractivity contribution in [3.63, 3.8) is 0 Å². The zero-order valence-corrected chi connectivity index (χ0v) is 16.1. The highest BCUT2D eigenvalue weighted by Crippen LogP contribution is 2.29. The van der Waals surface area contributed by atoms with Gasteiger partial charge in [0.15, 0.2) is 0 Å². The molecule has 1 saturated carbocycles. The Kier molecular flexibility index (Phi) is 5.30. The molecule has 3 rings (SSSR count). The van der Waals surface area contributed by atoms with Crippen LogP contribution in [0.3, 0.4) is 0 Å². The van der Waals surface area contributed by atoms with Crippen molar-refractivity contribution in [3.05, 3.63) is 59.4 Å². The normalized spacial score (nSPS) is 15.4. The fraction of sp³-hybridized carbons (Fsp3) is 0.455. The molecule has 0 spiro atoms. The lowest BCUT2D eigenvalue weighted by atomic mass is 9.86. The monoisotopic (exact) mass is 352 g/mol. The second kappa shape index (κ2) is 7.48. The van der Waals surface area contributed by atoms with Crippen LogP contribution in [0.1, 0.15) is 68.2 Å². The number of pyridine rings is 1. The largest absolute Gasteiger partial charge is 0.492 e. The smallest absolute Gasteiger partial charge is 0.251 e. The van der Waals surface area contributed by atoms with E-state index in [1.165, 1.54) is 18.4 Å². The van der Waals surface area contributed by atoms with Crippen LogP contribution in [0.15, 0.2) is 42.6 Å². The summed E-state index contributed by atoms with van der Waals surface area (Å²) in [7, 11) is 0. The van der Waals surface area contributed by atoms with Crippen molar-refractivity contribution in [2.75, 3.05) is 6.61 Å². The molecule has 0 unspecified atom stereocenters. The van der Waals surface area contributed by atoms with Gasteiger partial charge < -0.3 is 10.1 Å². The summed E-state index contributed by atoms with van der Waals surface area (Å²) >= 11 is 0. The molecule has 0 bridgehead atoms. The minimum absolute atomic E-state index is 0.0789. The van der Waals surface area contributed by atoms with Gasteiger partial charge in [-0.25, -0.2) is 0 Å². The quantitative estimate of drug-likeness (QED) is 0.823. The SMILES string of the molecule is C[C@@H](NC(=O)c1ccc(C(C)(C)C)cc1)c1ccc(OCC2CC2)cn1. The molecular weight excluding hydrogens is 324 g/mol. The van der Waals surface area contributed by atoms with E-state index < -0.39 is 0 Å². The third kappa shape index (κ3) is 4.84. The van der Waals surface area contributed by atoms with Gasteiger partial charge in [-0.15, -0.1) is 0 Å². The molecule has 4 nitrogen and oxygen atoms in total. The summed E-state index contributed by atoms with van der Waals surface area (Å²) in [6.07, 6.45) is 4.27. The fourth-order valence-corrected chi connectivity index (χ4v) is 2.71. The first-order valence-corrected chi connectivity index (χ1v) is 9.33. The van der Waals surface area contributed by atoms with E-state index in [9.17, 15) is 4.79 Å². The lowest BCUT2D eigenvalue weighted by Crippen LogP contribution is -2.27. The third-order valence-corrected chi connectivity index (χ3v) is 4.75. The number of aromatic nitrogens is 1. The van der Waals surface area contributed by atoms with Crippen molar-refractivity contribution < 1.29 is 9.53 Å². The number of hydrogen-bond acceptors (Lipinski definition) is 3. The molecule has 1 aliphatic rings. The third-order valence-electron chi connectivity index (χ3n) is 4.75. The number of rotatable bonds is 6. The predicted octanol–water partition coefficient (Wildman–Crippen LogP) is 4.66. The molecule has 0 saturated heterocycles. The molecular formula is C22H28N2O2. The van der Waals surface area contributed by atoms with Gasteiger partial charge in [-0.2, -0.15) is 0 Å². The average molecular weight is 352 g/mol. The molecule has 1 aliphatic carbocycles. The average Bonchev–Trinajstić information content (AvgIpc) is 3.44. The minimum atomic E-state index is -0.165. The molecule has 1 heterocycles. The summed E-state index contributed by atoms with van der Waals surface area (Å²) in [5.74, 6) is 1.42. The maximum atomic E-state index is 12.5. The van der Waals surface area contributed by atoms with Crippen LogP contribution in [0.5, 0.6) is 5.75 Å². The van der Waals surface area contributed by atoms with Gasteiger partial charge >= 0.3 is 0 Å². The van der Waals surface area contributed by atoms with E-state index in [-0.39, 0.29) is 17.4 Å². The Bertz CT molecular complexity index is 741. The van der Waals surface area contributed by atoms with Crippen LogP contribution in [0, 0.1) is 5.92 Å². The highest BCUT2D eigenvalue weighted by molar-refractivity contribution is 5.94. The lowest BCUT2D eigenvalue weighted by Gasteiger charge is -2.19. The zero-order chi connectivity index (χ0) is 18.7. The zero-order valence-electron chi connectivity index (χ0n) is 16.1. The Morgan fingerprint density at radius 2 is 1.88 bits per heavy atom. The van der Waals surface area contributed by atoms with Crippen molar-refractivity contribution in [1.29, 1.82) is 0 Å². The molecule has 2 aromatic rings. The predicted molar refractivity (Wildman–Crippen MR) is 103 cm³/mol. The Morgan fingerprint density at radius 1 is 1.19 bits per heavy atom. The number of nitrogens with zero attached hydrogens (tertiary/aromatic N) is 1. The van der Waals surface area contributed by atoms with Gasteiger partial charge in [0.25, 0.3) is 5.91 Å². The van der Waals surface area contributed by atoms with E-state index >= 15 is 0 Å². The van der Waals surface area contributed by atoms with E-state index in [0.717, 1.165) is 24.0 Å². The summed E-state index contributed by atoms with van der Waals surface area (Å²) in [5.41, 5.74) is 2.78. The van der Waals surface area contributed by atoms with E-state index in [2.05, 4.69) is 31.1 Å². The van der Waals surface area contributed by atoms with Crippen molar-refractivity contribution in [2.45, 2.75) is 52.0 Å². The molecule has 26 heavy (non-hydrogen) atoms. The van der Waals surface area contributed by atoms with Crippen molar-refractivity contribution in [1.82, 2.24) is 10.3 Å². The molecule has 138 valence electrons. The second-order valence-corrected chi connectivity index (χ2v) is 8.20. The molecule has 1 amide bonds. The number of carbonyl (C=O) groups excluding carboxylic acids is 1. The van der Waals surface area contributed by atoms with Gasteiger partial charge in [0.05, 0.1) is 24.5 Å². The maximum absolute atomic E-state index is 12.5. The van der Waals surface area contributed by atoms with Crippen molar-refractivity contribution in [3.8, 4) is 5.75 Å². The van der Waals surface area contributed by atoms with Gasteiger partial charge in [-0.1, -0.05) is 32.9 Å². The summed E-state index contributed by atoms with van der Waals surface area (Å²) < 4.78 is 5.70. The number of benzene rings is 1. The van der Waals surface area contributed by atoms with Crippen molar-refractivity contribution >= 4 is 5.91 Å². The van der Waals surface area contributed by atoms with E-state index in [1.54, 1.807) is 6.20 Å². The molecule has 4 heteroatoms. The van der Waals surface area contributed by atoms with Crippen LogP contribution >= 0.6 is 0 Å². The lowest BCUT2D eigenvalue weighted by molar-refractivity contribution is 0.0939. The fourth-order valence-electron chi connectivity index (χ4n) is 2.71. The standard InChI is InChI=1S/C22H28N2O2/c1-15(20-12-11-19(13-23-20)26-14-16-5-6-16)24-21(25)17-7-9-18(10-8-17)22(2,3)4/h7-13,15-16H,5-6,14H2,1-4H3,(H,24,25)/t15-/m1/s1. The van der Waals surface area contributed by atoms with Crippen LogP contribution in [-0.4, -0.2) is 17.5 Å². The number of ether oxygens (including phenoxy) is 1. The molecule has 1 aromatic heterocycles. The first-order chi connectivity index (χ1) is 12.3. The summed E-state index contributed by atoms with van der Waals surface area (Å²) in [4.78, 5) is 16.9. The summed E-state index contributed by atoms with van der Waals surface area (Å²) in [6.45, 7) is 9.20. The Hall–Kier alpha value is -2.36. The van der Waals surface area contributed by atoms with Gasteiger partial charge in [0, 0.05) is 5.56 Å². The van der Waals surface area contributed by atoms with Gasteiger partial charge in [-0.05, 0) is 60.9 Å². The van der Waals surface area contributed by atoms with Crippen molar-refractivity contribution in [2.24, 2.45) is 5.92 Å². The molecule has 0 radical (unpaired) electrons. The number of carbonyl (C=O) groups is 1. The van der Waals surface area contributed by atoms with Gasteiger partial charge in [0.2, 0.25) is 0 Å². The number of nitrogens with one attached hydrogen (secondary N) is 1. The molecule has 1 aromatic carbocycles. The summed E-state index contributed by atoms with van der Waals surface area (Å²) in [5, 5.41) is 3.01. The van der Waals surface area contributed by atoms with Crippen LogP contribution in [0.25, 0.3) is 0 Å². The van der Waals surface area contributed by atoms with Gasteiger partial charge in [-0.3, -0.25) is 9.78 Å². The number of amides is 1. The number of hydrogen-bond donors (Lipinski definition) is 1.